The maximum Gasteiger partial charge on any atom is 0.433 e. The first-order valence-electron chi connectivity index (χ1n) is 7.44. The Balaban J connectivity index is 1.50. The van der Waals surface area contributed by atoms with Gasteiger partial charge < -0.3 is 14.2 Å². The normalized spacial score (nSPS) is 23.1. The molecule has 2 aromatic heterocycles. The number of rotatable bonds is 2. The quantitative estimate of drug-likeness (QED) is 0.840. The van der Waals surface area contributed by atoms with Crippen molar-refractivity contribution in [2.24, 2.45) is 0 Å². The Hall–Kier alpha value is -2.58. The lowest BCUT2D eigenvalue weighted by atomic mass is 9.87. The molecule has 2 bridgehead atoms. The van der Waals surface area contributed by atoms with Gasteiger partial charge in [0.1, 0.15) is 17.8 Å². The summed E-state index contributed by atoms with van der Waals surface area (Å²) >= 11 is 0. The number of amides is 1. The zero-order valence-corrected chi connectivity index (χ0v) is 12.4. The minimum atomic E-state index is -4.50. The van der Waals surface area contributed by atoms with E-state index in [-0.39, 0.29) is 29.6 Å². The van der Waals surface area contributed by atoms with E-state index >= 15 is 0 Å². The number of halogens is 3. The van der Waals surface area contributed by atoms with Crippen LogP contribution in [0, 0.1) is 0 Å². The number of piperidine rings is 1. The predicted octanol–water partition coefficient (Wildman–Crippen LogP) is 2.19. The Kier molecular flexibility index (Phi) is 3.26. The van der Waals surface area contributed by atoms with Gasteiger partial charge in [-0.15, -0.1) is 0 Å². The molecule has 0 saturated carbocycles. The highest BCUT2D eigenvalue weighted by atomic mass is 19.4. The minimum Gasteiger partial charge on any atom is -0.459 e. The van der Waals surface area contributed by atoms with Crippen molar-refractivity contribution in [2.45, 2.75) is 24.7 Å². The second-order valence-electron chi connectivity index (χ2n) is 5.90. The lowest BCUT2D eigenvalue weighted by Crippen LogP contribution is -2.70. The van der Waals surface area contributed by atoms with Gasteiger partial charge in [0.25, 0.3) is 5.91 Å². The molecule has 3 aliphatic rings. The number of hydrogen-bond donors (Lipinski definition) is 0. The van der Waals surface area contributed by atoms with Gasteiger partial charge >= 0.3 is 6.18 Å². The molecular weight excluding hydrogens is 325 g/mol. The molecule has 3 aliphatic heterocycles. The number of carbonyl (C=O) groups excluding carboxylic acids is 1. The number of alkyl halides is 3. The van der Waals surface area contributed by atoms with E-state index in [4.69, 9.17) is 4.42 Å². The maximum absolute atomic E-state index is 12.8. The van der Waals surface area contributed by atoms with E-state index in [1.807, 2.05) is 0 Å². The summed E-state index contributed by atoms with van der Waals surface area (Å²) in [6, 6.07) is 4.10. The monoisotopic (exact) mass is 338 g/mol. The fourth-order valence-corrected chi connectivity index (χ4v) is 3.33. The summed E-state index contributed by atoms with van der Waals surface area (Å²) in [5, 5.41) is 0. The summed E-state index contributed by atoms with van der Waals surface area (Å²) in [5.41, 5.74) is -0.963. The average molecular weight is 338 g/mol. The van der Waals surface area contributed by atoms with Crippen LogP contribution in [0.15, 0.2) is 35.2 Å². The number of nitrogens with zero attached hydrogens (tertiary/aromatic N) is 4. The van der Waals surface area contributed by atoms with E-state index in [1.165, 1.54) is 6.26 Å². The Morgan fingerprint density at radius 1 is 1.25 bits per heavy atom. The summed E-state index contributed by atoms with van der Waals surface area (Å²) in [4.78, 5) is 23.1. The van der Waals surface area contributed by atoms with Crippen molar-refractivity contribution in [3.05, 3.63) is 42.2 Å². The van der Waals surface area contributed by atoms with Crippen LogP contribution in [0.2, 0.25) is 0 Å². The topological polar surface area (TPSA) is 62.5 Å². The number of fused-ring (bicyclic) bond motifs is 2. The molecule has 0 radical (unpaired) electrons. The van der Waals surface area contributed by atoms with E-state index < -0.39 is 11.9 Å². The number of piperazine rings is 1. The summed E-state index contributed by atoms with van der Waals surface area (Å²) in [6.45, 7) is 0.883. The fraction of sp³-hybridized carbons (Fsp3) is 0.400. The molecule has 0 N–H and O–H groups in total. The van der Waals surface area contributed by atoms with E-state index in [1.54, 1.807) is 21.9 Å². The van der Waals surface area contributed by atoms with Crippen molar-refractivity contribution in [1.29, 1.82) is 0 Å². The first-order chi connectivity index (χ1) is 11.4. The minimum absolute atomic E-state index is 0.0503. The van der Waals surface area contributed by atoms with E-state index in [0.29, 0.717) is 13.1 Å². The fourth-order valence-electron chi connectivity index (χ4n) is 3.33. The second-order valence-corrected chi connectivity index (χ2v) is 5.90. The molecule has 5 rings (SSSR count). The molecule has 0 aromatic carbocycles. The van der Waals surface area contributed by atoms with E-state index in [2.05, 4.69) is 9.97 Å². The van der Waals surface area contributed by atoms with Crippen LogP contribution in [-0.4, -0.2) is 45.9 Å². The number of furan rings is 1. The summed E-state index contributed by atoms with van der Waals surface area (Å²) in [5.74, 6) is 0.330. The molecule has 3 fully saturated rings. The van der Waals surface area contributed by atoms with Crippen molar-refractivity contribution in [3.63, 3.8) is 0 Å². The van der Waals surface area contributed by atoms with Crippen LogP contribution in [0.5, 0.6) is 0 Å². The number of carbonyl (C=O) groups is 1. The van der Waals surface area contributed by atoms with Gasteiger partial charge in [0.05, 0.1) is 18.3 Å². The molecule has 24 heavy (non-hydrogen) atoms. The van der Waals surface area contributed by atoms with Crippen LogP contribution in [0.1, 0.15) is 22.7 Å². The molecular formula is C15H13F3N4O2. The summed E-state index contributed by atoms with van der Waals surface area (Å²) < 4.78 is 43.5. The molecule has 3 saturated heterocycles. The van der Waals surface area contributed by atoms with Gasteiger partial charge in [0.2, 0.25) is 0 Å². The third-order valence-corrected chi connectivity index (χ3v) is 4.43. The van der Waals surface area contributed by atoms with Crippen molar-refractivity contribution < 1.29 is 22.4 Å². The third kappa shape index (κ3) is 2.40. The lowest BCUT2D eigenvalue weighted by molar-refractivity contribution is -0.141. The van der Waals surface area contributed by atoms with Crippen molar-refractivity contribution in [3.8, 4) is 0 Å². The van der Waals surface area contributed by atoms with Gasteiger partial charge in [0.15, 0.2) is 5.76 Å². The van der Waals surface area contributed by atoms with Crippen molar-refractivity contribution in [2.75, 3.05) is 18.0 Å². The first-order valence-corrected chi connectivity index (χ1v) is 7.44. The molecule has 6 nitrogen and oxygen atoms in total. The van der Waals surface area contributed by atoms with Gasteiger partial charge in [-0.2, -0.15) is 13.2 Å². The molecule has 2 unspecified atom stereocenters. The van der Waals surface area contributed by atoms with Gasteiger partial charge in [-0.1, -0.05) is 0 Å². The molecule has 5 heterocycles. The summed E-state index contributed by atoms with van der Waals surface area (Å²) in [7, 11) is 0. The maximum atomic E-state index is 12.8. The standard InChI is InChI=1S/C15H13F3N4O2/c16-15(17,18)12-5-13(20-8-19-12)21-6-9-4-10(7-21)22(9)14(23)11-2-1-3-24-11/h1-3,5,8-10H,4,6-7H2. The van der Waals surface area contributed by atoms with Gasteiger partial charge in [0, 0.05) is 19.2 Å². The van der Waals surface area contributed by atoms with Gasteiger partial charge in [-0.3, -0.25) is 4.79 Å². The van der Waals surface area contributed by atoms with Crippen LogP contribution < -0.4 is 4.90 Å². The highest BCUT2D eigenvalue weighted by Crippen LogP contribution is 2.36. The van der Waals surface area contributed by atoms with E-state index in [9.17, 15) is 18.0 Å². The van der Waals surface area contributed by atoms with Crippen LogP contribution in [0.4, 0.5) is 19.0 Å². The van der Waals surface area contributed by atoms with Crippen LogP contribution >= 0.6 is 0 Å². The first kappa shape index (κ1) is 15.0. The Labute approximate surface area is 134 Å². The highest BCUT2D eigenvalue weighted by molar-refractivity contribution is 5.92. The molecule has 2 atom stereocenters. The molecule has 0 spiro atoms. The van der Waals surface area contributed by atoms with Crippen LogP contribution in [-0.2, 0) is 6.18 Å². The third-order valence-electron chi connectivity index (χ3n) is 4.43. The Morgan fingerprint density at radius 2 is 2.00 bits per heavy atom. The molecule has 1 amide bonds. The SMILES string of the molecule is O=C(c1ccco1)N1C2CC1CN(c1cc(C(F)(F)F)ncn1)C2. The highest BCUT2D eigenvalue weighted by Gasteiger charge is 2.48. The predicted molar refractivity (Wildman–Crippen MR) is 76.3 cm³/mol. The van der Waals surface area contributed by atoms with Crippen molar-refractivity contribution >= 4 is 11.7 Å². The van der Waals surface area contributed by atoms with Crippen molar-refractivity contribution in [1.82, 2.24) is 14.9 Å². The molecule has 0 aliphatic carbocycles. The van der Waals surface area contributed by atoms with Crippen LogP contribution in [0.3, 0.4) is 0 Å². The lowest BCUT2D eigenvalue weighted by Gasteiger charge is -2.56. The summed E-state index contributed by atoms with van der Waals surface area (Å²) in [6.07, 6.45) is -1.31. The van der Waals surface area contributed by atoms with E-state index in [0.717, 1.165) is 18.8 Å². The number of aromatic nitrogens is 2. The largest absolute Gasteiger partial charge is 0.459 e. The second kappa shape index (κ2) is 5.22. The number of anilines is 1. The average Bonchev–Trinajstić information content (AvgIpc) is 3.09. The zero-order valence-electron chi connectivity index (χ0n) is 12.4. The smallest absolute Gasteiger partial charge is 0.433 e. The van der Waals surface area contributed by atoms with Crippen LogP contribution in [0.25, 0.3) is 0 Å². The molecule has 9 heteroatoms. The van der Waals surface area contributed by atoms with Gasteiger partial charge in [-0.25, -0.2) is 9.97 Å². The Morgan fingerprint density at radius 3 is 2.62 bits per heavy atom. The Bertz CT molecular complexity index is 750. The zero-order chi connectivity index (χ0) is 16.9. The molecule has 2 aromatic rings. The van der Waals surface area contributed by atoms with Gasteiger partial charge in [-0.05, 0) is 18.6 Å². The molecule has 126 valence electrons. The number of hydrogen-bond acceptors (Lipinski definition) is 5.